The number of carboxylic acids is 2. The van der Waals surface area contributed by atoms with Crippen LogP contribution in [0.15, 0.2) is 91.4 Å². The molecule has 220 valence electrons. The number of thioether (sulfide) groups is 2. The number of nitrogens with one attached hydrogen (secondary N) is 2. The van der Waals surface area contributed by atoms with Gasteiger partial charge in [-0.05, 0) is 71.0 Å². The Morgan fingerprint density at radius 1 is 0.609 bits per heavy atom. The molecule has 2 aromatic heterocycles. The molecule has 46 heavy (non-hydrogen) atoms. The predicted molar refractivity (Wildman–Crippen MR) is 155 cm³/mol. The van der Waals surface area contributed by atoms with Crippen molar-refractivity contribution in [2.75, 3.05) is 0 Å². The first-order valence-electron chi connectivity index (χ1n) is 12.4. The van der Waals surface area contributed by atoms with Crippen LogP contribution < -0.4 is 80.0 Å². The average Bonchev–Trinajstić information content (AvgIpc) is 3.78. The summed E-state index contributed by atoms with van der Waals surface area (Å²) in [4.78, 5) is 67.3. The van der Waals surface area contributed by atoms with Gasteiger partial charge in [0.2, 0.25) is 0 Å². The minimum atomic E-state index is -1.27. The van der Waals surface area contributed by atoms with E-state index in [0.717, 1.165) is 23.5 Å². The van der Waals surface area contributed by atoms with Gasteiger partial charge in [-0.3, -0.25) is 29.8 Å². The molecule has 16 heteroatoms. The molecular weight excluding hydrogens is 658 g/mol. The van der Waals surface area contributed by atoms with E-state index in [4.69, 9.17) is 8.83 Å². The molecule has 2 N–H and O–H groups in total. The first-order chi connectivity index (χ1) is 21.0. The Balaban J connectivity index is 0.000000240. The maximum absolute atomic E-state index is 11.5. The molecule has 12 nitrogen and oxygen atoms in total. The van der Waals surface area contributed by atoms with E-state index in [1.54, 1.807) is 48.5 Å². The number of furan rings is 2. The zero-order valence-corrected chi connectivity index (χ0v) is 29.6. The summed E-state index contributed by atoms with van der Waals surface area (Å²) in [7, 11) is 0. The van der Waals surface area contributed by atoms with E-state index in [9.17, 15) is 39.0 Å². The number of aromatic carboxylic acids is 2. The molecule has 6 rings (SSSR count). The minimum Gasteiger partial charge on any atom is -0.545 e. The number of imide groups is 2. The van der Waals surface area contributed by atoms with Crippen LogP contribution in [0.5, 0.6) is 0 Å². The third-order valence-corrected chi connectivity index (χ3v) is 7.47. The molecule has 2 aromatic carbocycles. The van der Waals surface area contributed by atoms with Crippen molar-refractivity contribution in [3.8, 4) is 22.6 Å². The van der Waals surface area contributed by atoms with Gasteiger partial charge in [0, 0.05) is 23.3 Å². The van der Waals surface area contributed by atoms with Crippen LogP contribution in [0.25, 0.3) is 34.8 Å². The van der Waals surface area contributed by atoms with Crippen molar-refractivity contribution < 1.29 is 107 Å². The van der Waals surface area contributed by atoms with E-state index < -0.39 is 34.2 Å². The van der Waals surface area contributed by atoms with E-state index >= 15 is 0 Å². The van der Waals surface area contributed by atoms with E-state index in [2.05, 4.69) is 10.6 Å². The average molecular weight is 675 g/mol. The van der Waals surface area contributed by atoms with Gasteiger partial charge < -0.3 is 28.6 Å². The molecule has 4 aromatic rings. The Hall–Kier alpha value is -3.60. The molecule has 2 saturated heterocycles. The third kappa shape index (κ3) is 9.24. The number of amides is 4. The predicted octanol–water partition coefficient (Wildman–Crippen LogP) is -2.72. The zero-order chi connectivity index (χ0) is 31.4. The second-order valence-corrected chi connectivity index (χ2v) is 10.9. The normalized spacial score (nSPS) is 15.4. The molecule has 0 spiro atoms. The summed E-state index contributed by atoms with van der Waals surface area (Å²) in [6.45, 7) is 0. The summed E-state index contributed by atoms with van der Waals surface area (Å²) in [6.07, 6.45) is 2.91. The quantitative estimate of drug-likeness (QED) is 0.159. The standard InChI is InChI=1S/2C15H9NO5S.2Na/c2*17-13-12(22-15(20)16-13)7-10-4-5-11(21-10)8-2-1-3-9(6-8)14(18)19;;/h2*1-7H,(H,18,19)(H,16,17,20);;/q;;2*+1/p-2. The van der Waals surface area contributed by atoms with Crippen molar-refractivity contribution in [3.63, 3.8) is 0 Å². The van der Waals surface area contributed by atoms with Gasteiger partial charge >= 0.3 is 59.1 Å². The van der Waals surface area contributed by atoms with Crippen molar-refractivity contribution in [2.24, 2.45) is 0 Å². The fourth-order valence-corrected chi connectivity index (χ4v) is 5.20. The summed E-state index contributed by atoms with van der Waals surface area (Å²) in [6, 6.07) is 18.9. The van der Waals surface area contributed by atoms with Crippen LogP contribution in [0.3, 0.4) is 0 Å². The van der Waals surface area contributed by atoms with Crippen molar-refractivity contribution in [2.45, 2.75) is 0 Å². The van der Waals surface area contributed by atoms with Crippen LogP contribution >= 0.6 is 23.5 Å². The molecule has 2 fully saturated rings. The second kappa shape index (κ2) is 16.3. The first-order valence-corrected chi connectivity index (χ1v) is 14.0. The van der Waals surface area contributed by atoms with Crippen LogP contribution in [0, 0.1) is 0 Å². The molecule has 0 saturated carbocycles. The van der Waals surface area contributed by atoms with E-state index in [-0.39, 0.29) is 80.1 Å². The Morgan fingerprint density at radius 3 is 1.33 bits per heavy atom. The van der Waals surface area contributed by atoms with Crippen molar-refractivity contribution in [1.82, 2.24) is 10.6 Å². The van der Waals surface area contributed by atoms with Gasteiger partial charge in [-0.15, -0.1) is 0 Å². The topological polar surface area (TPSA) is 199 Å². The van der Waals surface area contributed by atoms with Crippen molar-refractivity contribution in [1.29, 1.82) is 0 Å². The maximum Gasteiger partial charge on any atom is 1.00 e. The number of benzene rings is 2. The minimum absolute atomic E-state index is 0. The Bertz CT molecular complexity index is 1790. The molecule has 2 aliphatic rings. The van der Waals surface area contributed by atoms with Gasteiger partial charge in [-0.25, -0.2) is 0 Å². The van der Waals surface area contributed by atoms with Crippen LogP contribution in [0.4, 0.5) is 9.59 Å². The SMILES string of the molecule is O=C1NC(=O)C(=Cc2ccc(-c3cccc(C(=O)[O-])c3)o2)S1.O=C1NC(=O)C(=Cc2ccc(-c3cccc(C(=O)[O-])c3)o2)S1.[Na+].[Na+]. The van der Waals surface area contributed by atoms with Gasteiger partial charge in [0.05, 0.1) is 21.7 Å². The maximum atomic E-state index is 11.5. The van der Waals surface area contributed by atoms with Crippen molar-refractivity contribution >= 4 is 69.9 Å². The van der Waals surface area contributed by atoms with Crippen molar-refractivity contribution in [3.05, 3.63) is 105 Å². The Kier molecular flexibility index (Phi) is 13.1. The summed E-state index contributed by atoms with van der Waals surface area (Å²) in [5.74, 6) is -1.79. The number of carbonyl (C=O) groups excluding carboxylic acids is 6. The van der Waals surface area contributed by atoms with E-state index in [1.165, 1.54) is 36.4 Å². The molecule has 4 amide bonds. The first kappa shape index (κ1) is 36.9. The molecule has 0 aliphatic carbocycles. The summed E-state index contributed by atoms with van der Waals surface area (Å²) in [5, 5.41) is 25.2. The number of rotatable bonds is 6. The molecule has 0 unspecified atom stereocenters. The Morgan fingerprint density at radius 2 is 1.00 bits per heavy atom. The number of hydrogen-bond donors (Lipinski definition) is 2. The van der Waals surface area contributed by atoms with Gasteiger partial charge in [0.15, 0.2) is 0 Å². The molecule has 0 atom stereocenters. The molecule has 0 bridgehead atoms. The fraction of sp³-hybridized carbons (Fsp3) is 0. The van der Waals surface area contributed by atoms with Crippen LogP contribution in [0.1, 0.15) is 32.2 Å². The van der Waals surface area contributed by atoms with Gasteiger partial charge in [-0.2, -0.15) is 0 Å². The van der Waals surface area contributed by atoms with E-state index in [0.29, 0.717) is 34.2 Å². The number of hydrogen-bond acceptors (Lipinski definition) is 12. The molecule has 4 heterocycles. The summed E-state index contributed by atoms with van der Waals surface area (Å²) in [5.41, 5.74) is 1.24. The fourth-order valence-electron chi connectivity index (χ4n) is 3.87. The van der Waals surface area contributed by atoms with E-state index in [1.807, 2.05) is 0 Å². The molecular formula is C30H16N2Na2O10S2. The largest absolute Gasteiger partial charge is 1.00 e. The monoisotopic (exact) mass is 674 g/mol. The van der Waals surface area contributed by atoms with Crippen LogP contribution in [-0.2, 0) is 9.59 Å². The third-order valence-electron chi connectivity index (χ3n) is 5.85. The zero-order valence-electron chi connectivity index (χ0n) is 24.0. The summed E-state index contributed by atoms with van der Waals surface area (Å²) >= 11 is 1.59. The smallest absolute Gasteiger partial charge is 0.545 e. The molecule has 0 radical (unpaired) electrons. The van der Waals surface area contributed by atoms with Gasteiger partial charge in [0.25, 0.3) is 22.3 Å². The summed E-state index contributed by atoms with van der Waals surface area (Å²) < 4.78 is 11.1. The number of carboxylic acid groups (broad SMARTS) is 2. The number of carbonyl (C=O) groups is 6. The second-order valence-electron chi connectivity index (χ2n) is 8.85. The van der Waals surface area contributed by atoms with Crippen LogP contribution in [0.2, 0.25) is 0 Å². The van der Waals surface area contributed by atoms with Gasteiger partial charge in [-0.1, -0.05) is 36.4 Å². The molecule has 2 aliphatic heterocycles. The van der Waals surface area contributed by atoms with Crippen LogP contribution in [-0.4, -0.2) is 34.2 Å². The Labute approximate surface area is 312 Å². The van der Waals surface area contributed by atoms with Gasteiger partial charge in [0.1, 0.15) is 23.0 Å².